The molecule has 0 aromatic heterocycles. The summed E-state index contributed by atoms with van der Waals surface area (Å²) >= 11 is 1.91. The molecule has 9 heteroatoms. The van der Waals surface area contributed by atoms with Gasteiger partial charge in [-0.2, -0.15) is 11.8 Å². The quantitative estimate of drug-likeness (QED) is 0.237. The van der Waals surface area contributed by atoms with Gasteiger partial charge in [0, 0.05) is 43.6 Å². The predicted octanol–water partition coefficient (Wildman–Crippen LogP) is -1.31. The summed E-state index contributed by atoms with van der Waals surface area (Å²) in [5.74, 6) is 1.07. The largest absolute Gasteiger partial charge is 0.355 e. The fourth-order valence-electron chi connectivity index (χ4n) is 2.57. The van der Waals surface area contributed by atoms with Crippen LogP contribution < -0.4 is 33.2 Å². The molecule has 2 heterocycles. The molecule has 2 aliphatic heterocycles. The molecule has 2 rings (SSSR count). The zero-order valence-corrected chi connectivity index (χ0v) is 14.4. The van der Waals surface area contributed by atoms with E-state index in [4.69, 9.17) is 17.2 Å². The Morgan fingerprint density at radius 1 is 1.17 bits per heavy atom. The second-order valence-electron chi connectivity index (χ2n) is 5.58. The fraction of sp³-hybridized carbons (Fsp3) is 0.857. The van der Waals surface area contributed by atoms with Gasteiger partial charge in [0.25, 0.3) is 0 Å². The number of hydrogen-bond acceptors (Lipinski definition) is 6. The average Bonchev–Trinajstić information content (AvgIpc) is 3.09. The van der Waals surface area contributed by atoms with Gasteiger partial charge in [0.15, 0.2) is 0 Å². The van der Waals surface area contributed by atoms with Gasteiger partial charge in [-0.1, -0.05) is 6.42 Å². The van der Waals surface area contributed by atoms with Gasteiger partial charge in [0.1, 0.15) is 0 Å². The molecular weight excluding hydrogens is 316 g/mol. The lowest BCUT2D eigenvalue weighted by Crippen LogP contribution is -2.36. The zero-order chi connectivity index (χ0) is 17.1. The fourth-order valence-corrected chi connectivity index (χ4v) is 4.12. The molecule has 3 atom stereocenters. The number of carbonyl (C=O) groups is 2. The van der Waals surface area contributed by atoms with Crippen molar-refractivity contribution in [3.63, 3.8) is 0 Å². The summed E-state index contributed by atoms with van der Waals surface area (Å²) < 4.78 is 0. The minimum atomic E-state index is -0.0403. The topological polar surface area (TPSA) is 148 Å². The highest BCUT2D eigenvalue weighted by Crippen LogP contribution is 2.33. The number of nitrogens with one attached hydrogen (secondary N) is 3. The number of carbonyl (C=O) groups excluding carboxylic acids is 2. The number of nitrogens with two attached hydrogens (primary N) is 3. The summed E-state index contributed by atoms with van der Waals surface area (Å²) in [5.41, 5.74) is 15.1. The van der Waals surface area contributed by atoms with Crippen LogP contribution >= 0.6 is 11.8 Å². The molecule has 0 saturated carbocycles. The van der Waals surface area contributed by atoms with Crippen molar-refractivity contribution >= 4 is 23.7 Å². The molecule has 3 amide bonds. The van der Waals surface area contributed by atoms with E-state index in [1.807, 2.05) is 11.8 Å². The molecule has 2 saturated heterocycles. The Hall–Kier alpha value is -1.03. The van der Waals surface area contributed by atoms with E-state index in [1.54, 1.807) is 0 Å². The Morgan fingerprint density at radius 3 is 2.57 bits per heavy atom. The van der Waals surface area contributed by atoms with E-state index in [2.05, 4.69) is 16.0 Å². The minimum absolute atomic E-state index is 0.0403. The van der Waals surface area contributed by atoms with Crippen molar-refractivity contribution in [2.45, 2.75) is 43.0 Å². The molecule has 8 nitrogen and oxygen atoms in total. The maximum Gasteiger partial charge on any atom is 0.315 e. The van der Waals surface area contributed by atoms with Crippen LogP contribution in [0.25, 0.3) is 0 Å². The van der Waals surface area contributed by atoms with Crippen molar-refractivity contribution in [1.82, 2.24) is 16.0 Å². The third kappa shape index (κ3) is 7.38. The summed E-state index contributed by atoms with van der Waals surface area (Å²) in [7, 11) is 0. The van der Waals surface area contributed by atoms with Gasteiger partial charge in [0.2, 0.25) is 5.91 Å². The van der Waals surface area contributed by atoms with Crippen LogP contribution in [-0.4, -0.2) is 61.2 Å². The van der Waals surface area contributed by atoms with Crippen LogP contribution in [0.5, 0.6) is 0 Å². The van der Waals surface area contributed by atoms with Crippen molar-refractivity contribution in [2.75, 3.05) is 31.9 Å². The first kappa shape index (κ1) is 20.0. The lowest BCUT2D eigenvalue weighted by molar-refractivity contribution is -0.121. The molecule has 0 aromatic rings. The molecular formula is C14H30N6O2S. The van der Waals surface area contributed by atoms with Crippen molar-refractivity contribution in [3.05, 3.63) is 0 Å². The normalized spacial score (nSPS) is 25.0. The number of unbranched alkanes of at least 4 members (excludes halogenated alkanes) is 1. The lowest BCUT2D eigenvalue weighted by atomic mass is 10.0. The molecule has 2 aliphatic rings. The van der Waals surface area contributed by atoms with E-state index in [0.717, 1.165) is 25.0 Å². The van der Waals surface area contributed by atoms with Gasteiger partial charge in [-0.3, -0.25) is 4.79 Å². The maximum absolute atomic E-state index is 11.4. The van der Waals surface area contributed by atoms with Gasteiger partial charge in [0.05, 0.1) is 12.1 Å². The van der Waals surface area contributed by atoms with Crippen molar-refractivity contribution < 1.29 is 9.59 Å². The van der Waals surface area contributed by atoms with Crippen LogP contribution in [-0.2, 0) is 4.79 Å². The van der Waals surface area contributed by atoms with Crippen molar-refractivity contribution in [2.24, 2.45) is 17.2 Å². The molecule has 134 valence electrons. The van der Waals surface area contributed by atoms with Crippen LogP contribution in [0, 0.1) is 0 Å². The second kappa shape index (κ2) is 11.5. The van der Waals surface area contributed by atoms with E-state index >= 15 is 0 Å². The number of rotatable bonds is 8. The molecule has 0 aliphatic carbocycles. The molecule has 2 fully saturated rings. The Bertz CT molecular complexity index is 369. The first-order chi connectivity index (χ1) is 11.1. The molecule has 0 aromatic carbocycles. The third-order valence-corrected chi connectivity index (χ3v) is 5.22. The SMILES string of the molecule is NCCN.NCCNC(=O)CCCCC1SC[C@@H]2NC(=O)N[C@H]12. The monoisotopic (exact) mass is 346 g/mol. The van der Waals surface area contributed by atoms with Gasteiger partial charge in [-0.05, 0) is 12.8 Å². The van der Waals surface area contributed by atoms with Crippen molar-refractivity contribution in [1.29, 1.82) is 0 Å². The highest BCUT2D eigenvalue weighted by atomic mass is 32.2. The van der Waals surface area contributed by atoms with Gasteiger partial charge >= 0.3 is 6.03 Å². The average molecular weight is 347 g/mol. The predicted molar refractivity (Wildman–Crippen MR) is 94.1 cm³/mol. The molecule has 9 N–H and O–H groups in total. The second-order valence-corrected chi connectivity index (χ2v) is 6.86. The highest BCUT2D eigenvalue weighted by Gasteiger charge is 2.42. The van der Waals surface area contributed by atoms with Crippen LogP contribution in [0.1, 0.15) is 25.7 Å². The summed E-state index contributed by atoms with van der Waals surface area (Å²) in [6, 6.07) is 0.514. The summed E-state index contributed by atoms with van der Waals surface area (Å²) in [6.45, 7) is 2.24. The number of fused-ring (bicyclic) bond motifs is 1. The van der Waals surface area contributed by atoms with Gasteiger partial charge in [-0.15, -0.1) is 0 Å². The highest BCUT2D eigenvalue weighted by molar-refractivity contribution is 8.00. The van der Waals surface area contributed by atoms with Gasteiger partial charge < -0.3 is 33.2 Å². The number of hydrogen-bond donors (Lipinski definition) is 6. The Morgan fingerprint density at radius 2 is 1.91 bits per heavy atom. The smallest absolute Gasteiger partial charge is 0.315 e. The van der Waals surface area contributed by atoms with Crippen LogP contribution in [0.15, 0.2) is 0 Å². The van der Waals surface area contributed by atoms with Crippen molar-refractivity contribution in [3.8, 4) is 0 Å². The van der Waals surface area contributed by atoms with E-state index in [0.29, 0.717) is 37.8 Å². The first-order valence-electron chi connectivity index (χ1n) is 8.17. The molecule has 0 bridgehead atoms. The van der Waals surface area contributed by atoms with E-state index in [-0.39, 0.29) is 24.0 Å². The Kier molecular flexibility index (Phi) is 10.0. The van der Waals surface area contributed by atoms with Crippen LogP contribution in [0.3, 0.4) is 0 Å². The molecule has 0 radical (unpaired) electrons. The van der Waals surface area contributed by atoms with E-state index in [1.165, 1.54) is 0 Å². The number of amides is 3. The summed E-state index contributed by atoms with van der Waals surface area (Å²) in [6.07, 6.45) is 3.53. The Balaban J connectivity index is 0.000000593. The number of thioether (sulfide) groups is 1. The third-order valence-electron chi connectivity index (χ3n) is 3.71. The zero-order valence-electron chi connectivity index (χ0n) is 13.6. The van der Waals surface area contributed by atoms with Crippen LogP contribution in [0.4, 0.5) is 4.79 Å². The lowest BCUT2D eigenvalue weighted by Gasteiger charge is -2.16. The molecule has 0 spiro atoms. The van der Waals surface area contributed by atoms with E-state index < -0.39 is 0 Å². The number of urea groups is 1. The minimum Gasteiger partial charge on any atom is -0.355 e. The van der Waals surface area contributed by atoms with Crippen LogP contribution in [0.2, 0.25) is 0 Å². The first-order valence-corrected chi connectivity index (χ1v) is 9.22. The summed E-state index contributed by atoms with van der Waals surface area (Å²) in [4.78, 5) is 22.6. The maximum atomic E-state index is 11.4. The molecule has 1 unspecified atom stereocenters. The Labute approximate surface area is 142 Å². The van der Waals surface area contributed by atoms with E-state index in [9.17, 15) is 9.59 Å². The summed E-state index contributed by atoms with van der Waals surface area (Å²) in [5, 5.41) is 9.16. The van der Waals surface area contributed by atoms with Gasteiger partial charge in [-0.25, -0.2) is 4.79 Å². The molecule has 23 heavy (non-hydrogen) atoms. The standard InChI is InChI=1S/C12H22N4O2S.C2H8N2/c13-5-6-14-10(17)4-2-1-3-9-11-8(7-19-9)15-12(18)16-11;3-1-2-4/h8-9,11H,1-7,13H2,(H,14,17)(H2,15,16,18);1-4H2/t8-,9?,11-;/m0./s1.